The van der Waals surface area contributed by atoms with E-state index in [1.165, 1.54) is 69.5 Å². The highest BCUT2D eigenvalue weighted by molar-refractivity contribution is 5.22. The van der Waals surface area contributed by atoms with Crippen LogP contribution in [-0.2, 0) is 13.0 Å². The molecule has 2 saturated heterocycles. The maximum atomic E-state index is 3.59. The molecule has 2 heterocycles. The summed E-state index contributed by atoms with van der Waals surface area (Å²) in [5.74, 6) is 0. The van der Waals surface area contributed by atoms with Crippen LogP contribution in [0.3, 0.4) is 0 Å². The van der Waals surface area contributed by atoms with Gasteiger partial charge in [-0.2, -0.15) is 0 Å². The lowest BCUT2D eigenvalue weighted by atomic mass is 10.0. The van der Waals surface area contributed by atoms with Gasteiger partial charge in [0.1, 0.15) is 0 Å². The maximum absolute atomic E-state index is 3.59. The fraction of sp³-hybridized carbons (Fsp3) is 0.700. The van der Waals surface area contributed by atoms with Gasteiger partial charge in [0, 0.05) is 32.2 Å². The van der Waals surface area contributed by atoms with Gasteiger partial charge < -0.3 is 10.2 Å². The van der Waals surface area contributed by atoms with E-state index >= 15 is 0 Å². The average Bonchev–Trinajstić information content (AvgIpc) is 3.13. The van der Waals surface area contributed by atoms with E-state index in [1.54, 1.807) is 0 Å². The Kier molecular flexibility index (Phi) is 6.49. The van der Waals surface area contributed by atoms with Crippen LogP contribution in [0.4, 0.5) is 0 Å². The van der Waals surface area contributed by atoms with Crippen LogP contribution < -0.4 is 5.32 Å². The topological polar surface area (TPSA) is 18.5 Å². The summed E-state index contributed by atoms with van der Waals surface area (Å²) in [6.07, 6.45) is 6.58. The molecule has 3 rings (SSSR count). The van der Waals surface area contributed by atoms with Crippen LogP contribution in [0.5, 0.6) is 0 Å². The number of rotatable bonds is 7. The molecule has 1 N–H and O–H groups in total. The molecule has 0 spiro atoms. The molecule has 1 aromatic rings. The highest BCUT2D eigenvalue weighted by Gasteiger charge is 2.22. The first-order valence-corrected chi connectivity index (χ1v) is 9.60. The third-order valence-corrected chi connectivity index (χ3v) is 5.51. The van der Waals surface area contributed by atoms with Crippen molar-refractivity contribution in [3.05, 3.63) is 35.4 Å². The minimum atomic E-state index is 0.706. The van der Waals surface area contributed by atoms with Gasteiger partial charge in [-0.1, -0.05) is 31.2 Å². The summed E-state index contributed by atoms with van der Waals surface area (Å²) in [5, 5.41) is 3.59. The molecule has 2 aliphatic rings. The molecule has 1 atom stereocenters. The lowest BCUT2D eigenvalue weighted by Gasteiger charge is -2.35. The first kappa shape index (κ1) is 16.9. The van der Waals surface area contributed by atoms with E-state index in [2.05, 4.69) is 46.3 Å². The third-order valence-electron chi connectivity index (χ3n) is 5.51. The molecule has 0 aromatic heterocycles. The van der Waals surface area contributed by atoms with E-state index in [-0.39, 0.29) is 0 Å². The van der Waals surface area contributed by atoms with E-state index in [0.717, 1.165) is 19.5 Å². The van der Waals surface area contributed by atoms with Crippen LogP contribution in [0.15, 0.2) is 24.3 Å². The Bertz CT molecular complexity index is 444. The molecular formula is C20H33N3. The largest absolute Gasteiger partial charge is 0.315 e. The first-order chi connectivity index (χ1) is 11.3. The Balaban J connectivity index is 1.60. The van der Waals surface area contributed by atoms with Crippen LogP contribution in [-0.4, -0.2) is 55.1 Å². The number of hydrogen-bond acceptors (Lipinski definition) is 3. The van der Waals surface area contributed by atoms with E-state index in [9.17, 15) is 0 Å². The SMILES string of the molecule is CCc1ccc(CN(CCN2CCCC2)C2CCCNC2)cc1. The lowest BCUT2D eigenvalue weighted by Crippen LogP contribution is -2.47. The Labute approximate surface area is 142 Å². The third kappa shape index (κ3) is 5.03. The van der Waals surface area contributed by atoms with Crippen molar-refractivity contribution < 1.29 is 0 Å². The average molecular weight is 316 g/mol. The zero-order valence-corrected chi connectivity index (χ0v) is 14.8. The van der Waals surface area contributed by atoms with Crippen LogP contribution in [0.25, 0.3) is 0 Å². The van der Waals surface area contributed by atoms with Gasteiger partial charge in [0.05, 0.1) is 0 Å². The highest BCUT2D eigenvalue weighted by atomic mass is 15.2. The smallest absolute Gasteiger partial charge is 0.0237 e. The van der Waals surface area contributed by atoms with Gasteiger partial charge in [-0.3, -0.25) is 4.90 Å². The number of nitrogens with one attached hydrogen (secondary N) is 1. The Morgan fingerprint density at radius 3 is 2.48 bits per heavy atom. The summed E-state index contributed by atoms with van der Waals surface area (Å²) in [5.41, 5.74) is 2.91. The fourth-order valence-corrected chi connectivity index (χ4v) is 3.93. The summed E-state index contributed by atoms with van der Waals surface area (Å²) >= 11 is 0. The minimum Gasteiger partial charge on any atom is -0.315 e. The standard InChI is InChI=1S/C20H33N3/c1-2-18-7-9-19(10-8-18)17-23(20-6-5-11-21-16-20)15-14-22-12-3-4-13-22/h7-10,20-21H,2-6,11-17H2,1H3. The summed E-state index contributed by atoms with van der Waals surface area (Å²) in [6.45, 7) is 10.7. The summed E-state index contributed by atoms with van der Waals surface area (Å²) in [7, 11) is 0. The van der Waals surface area contributed by atoms with Crippen molar-refractivity contribution in [2.45, 2.75) is 51.6 Å². The van der Waals surface area contributed by atoms with Crippen LogP contribution in [0.1, 0.15) is 43.7 Å². The monoisotopic (exact) mass is 315 g/mol. The summed E-state index contributed by atoms with van der Waals surface area (Å²) in [6, 6.07) is 9.97. The number of hydrogen-bond donors (Lipinski definition) is 1. The van der Waals surface area contributed by atoms with E-state index in [4.69, 9.17) is 0 Å². The normalized spacial score (nSPS) is 22.8. The van der Waals surface area contributed by atoms with Gasteiger partial charge in [-0.05, 0) is 62.9 Å². The highest BCUT2D eigenvalue weighted by Crippen LogP contribution is 2.16. The number of piperidine rings is 1. The summed E-state index contributed by atoms with van der Waals surface area (Å²) < 4.78 is 0. The molecule has 0 bridgehead atoms. The lowest BCUT2D eigenvalue weighted by molar-refractivity contribution is 0.139. The van der Waals surface area contributed by atoms with E-state index in [1.807, 2.05) is 0 Å². The fourth-order valence-electron chi connectivity index (χ4n) is 3.93. The van der Waals surface area contributed by atoms with Crippen molar-refractivity contribution in [1.29, 1.82) is 0 Å². The molecule has 2 aliphatic heterocycles. The van der Waals surface area contributed by atoms with Gasteiger partial charge in [0.25, 0.3) is 0 Å². The molecule has 128 valence electrons. The molecule has 0 amide bonds. The van der Waals surface area contributed by atoms with Crippen molar-refractivity contribution in [3.8, 4) is 0 Å². The predicted molar refractivity (Wildman–Crippen MR) is 97.8 cm³/mol. The molecule has 1 aromatic carbocycles. The van der Waals surface area contributed by atoms with Crippen LogP contribution in [0.2, 0.25) is 0 Å². The molecule has 0 saturated carbocycles. The number of benzene rings is 1. The van der Waals surface area contributed by atoms with Gasteiger partial charge in [0.2, 0.25) is 0 Å². The van der Waals surface area contributed by atoms with Crippen molar-refractivity contribution in [1.82, 2.24) is 15.1 Å². The van der Waals surface area contributed by atoms with Gasteiger partial charge in [-0.15, -0.1) is 0 Å². The van der Waals surface area contributed by atoms with Crippen molar-refractivity contribution in [3.63, 3.8) is 0 Å². The molecule has 2 fully saturated rings. The molecule has 3 nitrogen and oxygen atoms in total. The predicted octanol–water partition coefficient (Wildman–Crippen LogP) is 2.90. The second-order valence-electron chi connectivity index (χ2n) is 7.19. The van der Waals surface area contributed by atoms with Crippen LogP contribution in [0, 0.1) is 0 Å². The van der Waals surface area contributed by atoms with Gasteiger partial charge in [-0.25, -0.2) is 0 Å². The van der Waals surface area contributed by atoms with Crippen LogP contribution >= 0.6 is 0 Å². The minimum absolute atomic E-state index is 0.706. The molecule has 0 aliphatic carbocycles. The van der Waals surface area contributed by atoms with Crippen molar-refractivity contribution in [2.75, 3.05) is 39.3 Å². The second-order valence-corrected chi connectivity index (χ2v) is 7.19. The Morgan fingerprint density at radius 1 is 1.09 bits per heavy atom. The number of likely N-dealkylation sites (tertiary alicyclic amines) is 1. The number of aryl methyl sites for hydroxylation is 1. The van der Waals surface area contributed by atoms with Gasteiger partial charge >= 0.3 is 0 Å². The second kappa shape index (κ2) is 8.81. The molecular weight excluding hydrogens is 282 g/mol. The first-order valence-electron chi connectivity index (χ1n) is 9.60. The Hall–Kier alpha value is -0.900. The quantitative estimate of drug-likeness (QED) is 0.835. The van der Waals surface area contributed by atoms with E-state index < -0.39 is 0 Å². The zero-order chi connectivity index (χ0) is 15.9. The van der Waals surface area contributed by atoms with Gasteiger partial charge in [0.15, 0.2) is 0 Å². The maximum Gasteiger partial charge on any atom is 0.0237 e. The number of nitrogens with zero attached hydrogens (tertiary/aromatic N) is 2. The van der Waals surface area contributed by atoms with Crippen molar-refractivity contribution >= 4 is 0 Å². The molecule has 0 radical (unpaired) electrons. The summed E-state index contributed by atoms with van der Waals surface area (Å²) in [4.78, 5) is 5.37. The molecule has 23 heavy (non-hydrogen) atoms. The van der Waals surface area contributed by atoms with E-state index in [0.29, 0.717) is 6.04 Å². The Morgan fingerprint density at radius 2 is 1.83 bits per heavy atom. The van der Waals surface area contributed by atoms with Crippen molar-refractivity contribution in [2.24, 2.45) is 0 Å². The zero-order valence-electron chi connectivity index (χ0n) is 14.8. The molecule has 1 unspecified atom stereocenters. The molecule has 3 heteroatoms.